The van der Waals surface area contributed by atoms with Crippen LogP contribution in [0, 0.1) is 5.82 Å². The zero-order valence-corrected chi connectivity index (χ0v) is 13.6. The van der Waals surface area contributed by atoms with Gasteiger partial charge in [-0.1, -0.05) is 17.7 Å². The van der Waals surface area contributed by atoms with E-state index in [-0.39, 0.29) is 30.4 Å². The summed E-state index contributed by atoms with van der Waals surface area (Å²) in [7, 11) is 0. The van der Waals surface area contributed by atoms with Crippen LogP contribution < -0.4 is 19.5 Å². The van der Waals surface area contributed by atoms with Gasteiger partial charge in [-0.3, -0.25) is 4.79 Å². The number of amides is 1. The largest absolute Gasteiger partial charge is 0.484 e. The maximum absolute atomic E-state index is 13.1. The molecular formula is C17H15ClFNO4. The van der Waals surface area contributed by atoms with Gasteiger partial charge in [0.15, 0.2) is 18.1 Å². The number of nitrogens with one attached hydrogen (secondary N) is 1. The van der Waals surface area contributed by atoms with E-state index in [9.17, 15) is 9.18 Å². The van der Waals surface area contributed by atoms with Crippen molar-refractivity contribution < 1.29 is 23.4 Å². The lowest BCUT2D eigenvalue weighted by Gasteiger charge is -2.15. The van der Waals surface area contributed by atoms with Crippen LogP contribution in [0.15, 0.2) is 36.4 Å². The molecule has 7 heteroatoms. The van der Waals surface area contributed by atoms with Gasteiger partial charge in [0.25, 0.3) is 5.91 Å². The van der Waals surface area contributed by atoms with E-state index < -0.39 is 5.82 Å². The zero-order valence-electron chi connectivity index (χ0n) is 12.8. The summed E-state index contributed by atoms with van der Waals surface area (Å²) in [6, 6.07) is 9.18. The van der Waals surface area contributed by atoms with Crippen LogP contribution in [0.1, 0.15) is 18.5 Å². The molecule has 24 heavy (non-hydrogen) atoms. The third-order valence-electron chi connectivity index (χ3n) is 3.54. The summed E-state index contributed by atoms with van der Waals surface area (Å²) < 4.78 is 28.9. The predicted octanol–water partition coefficient (Wildman–Crippen LogP) is 3.46. The summed E-state index contributed by atoms with van der Waals surface area (Å²) in [6.45, 7) is 1.86. The van der Waals surface area contributed by atoms with Crippen molar-refractivity contribution in [3.63, 3.8) is 0 Å². The Bertz CT molecular complexity index is 768. The van der Waals surface area contributed by atoms with Crippen molar-refractivity contribution >= 4 is 17.5 Å². The monoisotopic (exact) mass is 351 g/mol. The van der Waals surface area contributed by atoms with Gasteiger partial charge in [0.05, 0.1) is 11.1 Å². The lowest BCUT2D eigenvalue weighted by atomic mass is 10.1. The van der Waals surface area contributed by atoms with Gasteiger partial charge in [0, 0.05) is 6.07 Å². The zero-order chi connectivity index (χ0) is 17.1. The first-order valence-corrected chi connectivity index (χ1v) is 7.67. The molecule has 1 amide bonds. The Morgan fingerprint density at radius 2 is 2.08 bits per heavy atom. The van der Waals surface area contributed by atoms with Crippen LogP contribution in [-0.4, -0.2) is 19.3 Å². The SMILES string of the molecule is C[C@H](NC(=O)COc1ccc(F)c(Cl)c1)c1ccc2c(c1)OCO2. The van der Waals surface area contributed by atoms with E-state index in [4.69, 9.17) is 25.8 Å². The predicted molar refractivity (Wildman–Crippen MR) is 86.0 cm³/mol. The standard InChI is InChI=1S/C17H15ClFNO4/c1-10(11-2-5-15-16(6-11)24-9-23-15)20-17(21)8-22-12-3-4-14(19)13(18)7-12/h2-7,10H,8-9H2,1H3,(H,20,21)/t10-/m0/s1. The molecule has 5 nitrogen and oxygen atoms in total. The average Bonchev–Trinajstić information content (AvgIpc) is 3.03. The molecule has 0 aliphatic carbocycles. The first-order valence-electron chi connectivity index (χ1n) is 7.29. The molecule has 1 aliphatic rings. The van der Waals surface area contributed by atoms with Gasteiger partial charge in [-0.2, -0.15) is 0 Å². The maximum atomic E-state index is 13.1. The van der Waals surface area contributed by atoms with Gasteiger partial charge in [-0.15, -0.1) is 0 Å². The van der Waals surface area contributed by atoms with Crippen molar-refractivity contribution in [3.05, 3.63) is 52.8 Å². The second-order valence-corrected chi connectivity index (χ2v) is 5.67. The van der Waals surface area contributed by atoms with Crippen molar-refractivity contribution in [2.75, 3.05) is 13.4 Å². The fourth-order valence-electron chi connectivity index (χ4n) is 2.26. The lowest BCUT2D eigenvalue weighted by molar-refractivity contribution is -0.123. The van der Waals surface area contributed by atoms with Crippen molar-refractivity contribution in [1.29, 1.82) is 0 Å². The van der Waals surface area contributed by atoms with E-state index in [1.54, 1.807) is 6.07 Å². The molecule has 1 atom stereocenters. The van der Waals surface area contributed by atoms with Gasteiger partial charge in [-0.25, -0.2) is 4.39 Å². The first-order chi connectivity index (χ1) is 11.5. The minimum atomic E-state index is -0.537. The number of ether oxygens (including phenoxy) is 3. The molecule has 2 aromatic carbocycles. The third kappa shape index (κ3) is 3.71. The lowest BCUT2D eigenvalue weighted by Crippen LogP contribution is -2.31. The molecule has 1 heterocycles. The van der Waals surface area contributed by atoms with E-state index in [0.29, 0.717) is 17.2 Å². The highest BCUT2D eigenvalue weighted by molar-refractivity contribution is 6.30. The molecule has 126 valence electrons. The molecule has 0 radical (unpaired) electrons. The normalized spacial score (nSPS) is 13.5. The molecule has 0 bridgehead atoms. The summed E-state index contributed by atoms with van der Waals surface area (Å²) in [5, 5.41) is 2.76. The Hall–Kier alpha value is -2.47. The summed E-state index contributed by atoms with van der Waals surface area (Å²) in [5.74, 6) is 0.831. The summed E-state index contributed by atoms with van der Waals surface area (Å²) in [6.07, 6.45) is 0. The quantitative estimate of drug-likeness (QED) is 0.896. The van der Waals surface area contributed by atoms with Gasteiger partial charge in [0.1, 0.15) is 11.6 Å². The van der Waals surface area contributed by atoms with E-state index in [0.717, 1.165) is 5.56 Å². The Labute approximate surface area is 143 Å². The number of fused-ring (bicyclic) bond motifs is 1. The van der Waals surface area contributed by atoms with E-state index in [1.165, 1.54) is 18.2 Å². The van der Waals surface area contributed by atoms with Gasteiger partial charge < -0.3 is 19.5 Å². The third-order valence-corrected chi connectivity index (χ3v) is 3.82. The number of benzene rings is 2. The van der Waals surface area contributed by atoms with Crippen molar-refractivity contribution in [2.24, 2.45) is 0 Å². The van der Waals surface area contributed by atoms with Crippen LogP contribution in [0.2, 0.25) is 5.02 Å². The highest BCUT2D eigenvalue weighted by Crippen LogP contribution is 2.34. The van der Waals surface area contributed by atoms with Gasteiger partial charge in [-0.05, 0) is 36.8 Å². The summed E-state index contributed by atoms with van der Waals surface area (Å²) >= 11 is 5.66. The van der Waals surface area contributed by atoms with Crippen molar-refractivity contribution in [2.45, 2.75) is 13.0 Å². The minimum absolute atomic E-state index is 0.0540. The van der Waals surface area contributed by atoms with Gasteiger partial charge in [0.2, 0.25) is 6.79 Å². The number of hydrogen-bond acceptors (Lipinski definition) is 4. The van der Waals surface area contributed by atoms with Gasteiger partial charge >= 0.3 is 0 Å². The molecule has 2 aromatic rings. The number of rotatable bonds is 5. The van der Waals surface area contributed by atoms with Crippen LogP contribution in [0.3, 0.4) is 0 Å². The highest BCUT2D eigenvalue weighted by atomic mass is 35.5. The van der Waals surface area contributed by atoms with E-state index >= 15 is 0 Å². The second-order valence-electron chi connectivity index (χ2n) is 5.27. The maximum Gasteiger partial charge on any atom is 0.258 e. The van der Waals surface area contributed by atoms with E-state index in [2.05, 4.69) is 5.32 Å². The molecule has 0 saturated carbocycles. The molecule has 0 spiro atoms. The summed E-state index contributed by atoms with van der Waals surface area (Å²) in [5.41, 5.74) is 0.887. The van der Waals surface area contributed by atoms with Crippen LogP contribution in [0.5, 0.6) is 17.2 Å². The second kappa shape index (κ2) is 6.97. The average molecular weight is 352 g/mol. The molecule has 0 fully saturated rings. The fourth-order valence-corrected chi connectivity index (χ4v) is 2.44. The minimum Gasteiger partial charge on any atom is -0.484 e. The van der Waals surface area contributed by atoms with Crippen LogP contribution in [0.4, 0.5) is 4.39 Å². The molecule has 1 N–H and O–H groups in total. The topological polar surface area (TPSA) is 56.8 Å². The number of halogens is 2. The fraction of sp³-hybridized carbons (Fsp3) is 0.235. The van der Waals surface area contributed by atoms with E-state index in [1.807, 2.05) is 19.1 Å². The van der Waals surface area contributed by atoms with Crippen LogP contribution >= 0.6 is 11.6 Å². The molecular weight excluding hydrogens is 337 g/mol. The Morgan fingerprint density at radius 3 is 2.88 bits per heavy atom. The highest BCUT2D eigenvalue weighted by Gasteiger charge is 2.17. The Morgan fingerprint density at radius 1 is 1.29 bits per heavy atom. The Kier molecular flexibility index (Phi) is 4.76. The van der Waals surface area contributed by atoms with Crippen molar-refractivity contribution in [3.8, 4) is 17.2 Å². The smallest absolute Gasteiger partial charge is 0.258 e. The van der Waals surface area contributed by atoms with Crippen LogP contribution in [0.25, 0.3) is 0 Å². The summed E-state index contributed by atoms with van der Waals surface area (Å²) in [4.78, 5) is 12.0. The van der Waals surface area contributed by atoms with Crippen LogP contribution in [-0.2, 0) is 4.79 Å². The number of carbonyl (C=O) groups is 1. The Balaban J connectivity index is 1.55. The molecule has 0 unspecified atom stereocenters. The van der Waals surface area contributed by atoms with Crippen molar-refractivity contribution in [1.82, 2.24) is 5.32 Å². The molecule has 0 aromatic heterocycles. The molecule has 3 rings (SSSR count). The molecule has 0 saturated heterocycles. The number of hydrogen-bond donors (Lipinski definition) is 1. The first kappa shape index (κ1) is 16.4. The molecule has 1 aliphatic heterocycles. The number of carbonyl (C=O) groups excluding carboxylic acids is 1.